The SMILES string of the molecule is O=C1/C(=C/c2ccccc2[N+](=O)[O-])Cc2ccccc2/C1=C\c1ccccc1[N+](=O)[O-]. The number of hydrogen-bond donors (Lipinski definition) is 0. The van der Waals surface area contributed by atoms with Gasteiger partial charge in [0.25, 0.3) is 11.4 Å². The molecular formula is C24H16N2O5. The lowest BCUT2D eigenvalue weighted by Crippen LogP contribution is -2.16. The van der Waals surface area contributed by atoms with Crippen molar-refractivity contribution in [1.29, 1.82) is 0 Å². The number of para-hydroxylation sites is 2. The minimum absolute atomic E-state index is 0.0918. The number of allylic oxidation sites excluding steroid dienone is 2. The van der Waals surface area contributed by atoms with Crippen molar-refractivity contribution < 1.29 is 14.6 Å². The summed E-state index contributed by atoms with van der Waals surface area (Å²) >= 11 is 0. The predicted molar refractivity (Wildman–Crippen MR) is 117 cm³/mol. The standard InChI is InChI=1S/C24H16N2O5/c27-24-19(14-17-8-2-5-11-22(17)25(28)29)13-16-7-1-4-10-20(16)21(24)15-18-9-3-6-12-23(18)26(30)31/h1-12,14-15H,13H2/b19-14+,21-15+. The first-order chi connectivity index (χ1) is 15.0. The minimum atomic E-state index is -0.490. The van der Waals surface area contributed by atoms with E-state index in [0.717, 1.165) is 5.56 Å². The van der Waals surface area contributed by atoms with Crippen molar-refractivity contribution >= 4 is 34.9 Å². The molecule has 152 valence electrons. The maximum absolute atomic E-state index is 13.4. The third-order valence-electron chi connectivity index (χ3n) is 5.12. The van der Waals surface area contributed by atoms with E-state index in [1.165, 1.54) is 24.3 Å². The molecule has 7 heteroatoms. The summed E-state index contributed by atoms with van der Waals surface area (Å²) in [5.41, 5.74) is 2.74. The molecule has 0 aliphatic heterocycles. The Labute approximate surface area is 177 Å². The van der Waals surface area contributed by atoms with E-state index in [1.807, 2.05) is 12.1 Å². The first-order valence-electron chi connectivity index (χ1n) is 9.48. The number of ketones is 1. The molecule has 0 unspecified atom stereocenters. The van der Waals surface area contributed by atoms with E-state index < -0.39 is 9.85 Å². The first kappa shape index (κ1) is 19.9. The van der Waals surface area contributed by atoms with Crippen LogP contribution in [0, 0.1) is 20.2 Å². The van der Waals surface area contributed by atoms with E-state index in [9.17, 15) is 25.0 Å². The monoisotopic (exact) mass is 412 g/mol. The molecular weight excluding hydrogens is 396 g/mol. The molecule has 0 radical (unpaired) electrons. The molecule has 0 saturated carbocycles. The van der Waals surface area contributed by atoms with Gasteiger partial charge >= 0.3 is 0 Å². The van der Waals surface area contributed by atoms with Crippen LogP contribution in [0.3, 0.4) is 0 Å². The number of benzene rings is 3. The van der Waals surface area contributed by atoms with Crippen molar-refractivity contribution in [2.75, 3.05) is 0 Å². The zero-order valence-electron chi connectivity index (χ0n) is 16.2. The molecule has 0 amide bonds. The van der Waals surface area contributed by atoms with Gasteiger partial charge in [-0.25, -0.2) is 0 Å². The van der Waals surface area contributed by atoms with Gasteiger partial charge < -0.3 is 0 Å². The molecule has 0 fully saturated rings. The highest BCUT2D eigenvalue weighted by molar-refractivity contribution is 6.35. The maximum atomic E-state index is 13.4. The van der Waals surface area contributed by atoms with Crippen LogP contribution < -0.4 is 0 Å². The van der Waals surface area contributed by atoms with Crippen LogP contribution >= 0.6 is 0 Å². The maximum Gasteiger partial charge on any atom is 0.276 e. The second kappa shape index (κ2) is 8.16. The molecule has 0 aromatic heterocycles. The van der Waals surface area contributed by atoms with Crippen molar-refractivity contribution in [3.8, 4) is 0 Å². The van der Waals surface area contributed by atoms with Crippen LogP contribution in [0.5, 0.6) is 0 Å². The smallest absolute Gasteiger partial charge is 0.276 e. The van der Waals surface area contributed by atoms with Gasteiger partial charge in [0.2, 0.25) is 0 Å². The average molecular weight is 412 g/mol. The number of carbonyl (C=O) groups is 1. The van der Waals surface area contributed by atoms with Crippen LogP contribution in [-0.4, -0.2) is 15.6 Å². The van der Waals surface area contributed by atoms with Crippen molar-refractivity contribution in [2.45, 2.75) is 6.42 Å². The van der Waals surface area contributed by atoms with Crippen molar-refractivity contribution in [1.82, 2.24) is 0 Å². The zero-order valence-corrected chi connectivity index (χ0v) is 16.2. The summed E-state index contributed by atoms with van der Waals surface area (Å²) in [6.07, 6.45) is 3.37. The third-order valence-corrected chi connectivity index (χ3v) is 5.12. The number of Topliss-reactive ketones (excluding diaryl/α,β-unsaturated/α-hetero) is 1. The molecule has 3 aromatic carbocycles. The Hall–Kier alpha value is -4.39. The van der Waals surface area contributed by atoms with E-state index in [4.69, 9.17) is 0 Å². The number of nitro groups is 2. The molecule has 0 atom stereocenters. The van der Waals surface area contributed by atoms with Crippen LogP contribution in [-0.2, 0) is 11.2 Å². The first-order valence-corrected chi connectivity index (χ1v) is 9.48. The van der Waals surface area contributed by atoms with Crippen molar-refractivity contribution in [2.24, 2.45) is 0 Å². The molecule has 1 aliphatic rings. The van der Waals surface area contributed by atoms with Crippen LogP contribution in [0.1, 0.15) is 22.3 Å². The largest absolute Gasteiger partial charge is 0.289 e. The van der Waals surface area contributed by atoms with Crippen LogP contribution in [0.4, 0.5) is 11.4 Å². The van der Waals surface area contributed by atoms with Gasteiger partial charge in [0.05, 0.1) is 21.0 Å². The highest BCUT2D eigenvalue weighted by Gasteiger charge is 2.27. The van der Waals surface area contributed by atoms with E-state index in [-0.39, 0.29) is 17.2 Å². The van der Waals surface area contributed by atoms with Gasteiger partial charge in [-0.1, -0.05) is 48.5 Å². The Morgan fingerprint density at radius 2 is 1.23 bits per heavy atom. The molecule has 4 rings (SSSR count). The Morgan fingerprint density at radius 3 is 1.84 bits per heavy atom. The van der Waals surface area contributed by atoms with Gasteiger partial charge in [-0.3, -0.25) is 25.0 Å². The number of nitrogens with zero attached hydrogens (tertiary/aromatic N) is 2. The van der Waals surface area contributed by atoms with Gasteiger partial charge in [-0.05, 0) is 35.4 Å². The van der Waals surface area contributed by atoms with E-state index in [1.54, 1.807) is 48.5 Å². The normalized spacial score (nSPS) is 15.7. The van der Waals surface area contributed by atoms with Gasteiger partial charge in [0.15, 0.2) is 5.78 Å². The lowest BCUT2D eigenvalue weighted by Gasteiger charge is -2.21. The summed E-state index contributed by atoms with van der Waals surface area (Å²) < 4.78 is 0. The third kappa shape index (κ3) is 3.89. The summed E-state index contributed by atoms with van der Waals surface area (Å²) in [6, 6.07) is 19.7. The average Bonchev–Trinajstić information content (AvgIpc) is 2.77. The van der Waals surface area contributed by atoms with Gasteiger partial charge in [-0.2, -0.15) is 0 Å². The Balaban J connectivity index is 1.89. The van der Waals surface area contributed by atoms with E-state index >= 15 is 0 Å². The van der Waals surface area contributed by atoms with E-state index in [2.05, 4.69) is 0 Å². The summed E-state index contributed by atoms with van der Waals surface area (Å²) in [4.78, 5) is 35.2. The molecule has 31 heavy (non-hydrogen) atoms. The van der Waals surface area contributed by atoms with Gasteiger partial charge in [-0.15, -0.1) is 0 Å². The zero-order chi connectivity index (χ0) is 22.0. The number of carbonyl (C=O) groups excluding carboxylic acids is 1. The molecule has 0 saturated heterocycles. The predicted octanol–water partition coefficient (Wildman–Crippen LogP) is 5.25. The Kier molecular flexibility index (Phi) is 5.24. The van der Waals surface area contributed by atoms with Crippen LogP contribution in [0.25, 0.3) is 17.7 Å². The summed E-state index contributed by atoms with van der Waals surface area (Å²) in [5, 5.41) is 22.8. The fraction of sp³-hybridized carbons (Fsp3) is 0.0417. The Morgan fingerprint density at radius 1 is 0.710 bits per heavy atom. The molecule has 0 heterocycles. The number of rotatable bonds is 4. The number of hydrogen-bond acceptors (Lipinski definition) is 5. The van der Waals surface area contributed by atoms with Crippen LogP contribution in [0.15, 0.2) is 78.4 Å². The summed E-state index contributed by atoms with van der Waals surface area (Å²) in [6.45, 7) is 0. The molecule has 7 nitrogen and oxygen atoms in total. The molecule has 0 N–H and O–H groups in total. The highest BCUT2D eigenvalue weighted by atomic mass is 16.6. The molecule has 0 bridgehead atoms. The van der Waals surface area contributed by atoms with Gasteiger partial charge in [0.1, 0.15) is 0 Å². The van der Waals surface area contributed by atoms with E-state index in [0.29, 0.717) is 34.3 Å². The fourth-order valence-electron chi connectivity index (χ4n) is 3.67. The topological polar surface area (TPSA) is 103 Å². The quantitative estimate of drug-likeness (QED) is 0.331. The number of nitro benzene ring substituents is 2. The molecule has 0 spiro atoms. The summed E-state index contributed by atoms with van der Waals surface area (Å²) in [5.74, 6) is -0.310. The minimum Gasteiger partial charge on any atom is -0.289 e. The lowest BCUT2D eigenvalue weighted by atomic mass is 9.81. The van der Waals surface area contributed by atoms with Crippen molar-refractivity contribution in [3.05, 3.63) is 121 Å². The van der Waals surface area contributed by atoms with Crippen molar-refractivity contribution in [3.63, 3.8) is 0 Å². The second-order valence-electron chi connectivity index (χ2n) is 7.02. The molecule has 3 aromatic rings. The van der Waals surface area contributed by atoms with Crippen LogP contribution in [0.2, 0.25) is 0 Å². The highest BCUT2D eigenvalue weighted by Crippen LogP contribution is 2.35. The lowest BCUT2D eigenvalue weighted by molar-refractivity contribution is -0.385. The fourth-order valence-corrected chi connectivity index (χ4v) is 3.67. The molecule has 1 aliphatic carbocycles. The second-order valence-corrected chi connectivity index (χ2v) is 7.02. The van der Waals surface area contributed by atoms with Gasteiger partial charge in [0, 0.05) is 29.7 Å². The Bertz CT molecular complexity index is 1290. The number of fused-ring (bicyclic) bond motifs is 1. The summed E-state index contributed by atoms with van der Waals surface area (Å²) in [7, 11) is 0.